The number of halogens is 1. The van der Waals surface area contributed by atoms with Crippen LogP contribution in [-0.4, -0.2) is 47.6 Å². The predicted molar refractivity (Wildman–Crippen MR) is 82.9 cm³/mol. The van der Waals surface area contributed by atoms with Gasteiger partial charge in [0, 0.05) is 51.1 Å². The lowest BCUT2D eigenvalue weighted by molar-refractivity contribution is 0.199. The summed E-state index contributed by atoms with van der Waals surface area (Å²) in [6.07, 6.45) is 0. The van der Waals surface area contributed by atoms with Crippen LogP contribution in [0.4, 0.5) is 5.69 Å². The van der Waals surface area contributed by atoms with Crippen molar-refractivity contribution in [3.8, 4) is 0 Å². The lowest BCUT2D eigenvalue weighted by Gasteiger charge is -2.22. The van der Waals surface area contributed by atoms with Crippen molar-refractivity contribution in [1.82, 2.24) is 5.32 Å². The first-order valence-electron chi connectivity index (χ1n) is 6.37. The Kier molecular flexibility index (Phi) is 8.05. The first-order chi connectivity index (χ1) is 9.19. The van der Waals surface area contributed by atoms with E-state index in [4.69, 9.17) is 9.47 Å². The SMILES string of the molecule is COCCNCc1cc(Br)ccc1N(C)CCOC. The van der Waals surface area contributed by atoms with E-state index in [0.29, 0.717) is 0 Å². The van der Waals surface area contributed by atoms with Crippen molar-refractivity contribution in [3.05, 3.63) is 28.2 Å². The molecule has 0 saturated heterocycles. The summed E-state index contributed by atoms with van der Waals surface area (Å²) < 4.78 is 11.3. The number of methoxy groups -OCH3 is 2. The zero-order valence-electron chi connectivity index (χ0n) is 11.9. The minimum atomic E-state index is 0.725. The van der Waals surface area contributed by atoms with Gasteiger partial charge < -0.3 is 19.7 Å². The Morgan fingerprint density at radius 3 is 2.63 bits per heavy atom. The Bertz CT molecular complexity index is 374. The van der Waals surface area contributed by atoms with Gasteiger partial charge in [0.05, 0.1) is 13.2 Å². The molecule has 1 aromatic carbocycles. The van der Waals surface area contributed by atoms with Gasteiger partial charge in [0.1, 0.15) is 0 Å². The standard InChI is InChI=1S/C14H23BrN2O2/c1-17(7-9-19-3)14-5-4-13(15)10-12(14)11-16-6-8-18-2/h4-5,10,16H,6-9,11H2,1-3H3. The van der Waals surface area contributed by atoms with Crippen LogP contribution in [0.5, 0.6) is 0 Å². The van der Waals surface area contributed by atoms with Gasteiger partial charge in [-0.2, -0.15) is 0 Å². The summed E-state index contributed by atoms with van der Waals surface area (Å²) in [6.45, 7) is 4.01. The average Bonchev–Trinajstić information content (AvgIpc) is 2.41. The molecule has 0 spiro atoms. The normalized spacial score (nSPS) is 10.7. The number of nitrogens with one attached hydrogen (secondary N) is 1. The highest BCUT2D eigenvalue weighted by Crippen LogP contribution is 2.23. The third-order valence-electron chi connectivity index (χ3n) is 2.88. The molecule has 0 radical (unpaired) electrons. The number of rotatable bonds is 9. The Hall–Kier alpha value is -0.620. The molecule has 0 bridgehead atoms. The molecule has 0 aliphatic rings. The Morgan fingerprint density at radius 2 is 1.95 bits per heavy atom. The molecule has 19 heavy (non-hydrogen) atoms. The maximum Gasteiger partial charge on any atom is 0.0637 e. The molecule has 0 saturated carbocycles. The quantitative estimate of drug-likeness (QED) is 0.704. The number of hydrogen-bond donors (Lipinski definition) is 1. The second-order valence-electron chi connectivity index (χ2n) is 4.36. The molecule has 0 aliphatic heterocycles. The number of ether oxygens (including phenoxy) is 2. The number of nitrogens with zero attached hydrogens (tertiary/aromatic N) is 1. The van der Waals surface area contributed by atoms with Crippen LogP contribution in [0.1, 0.15) is 5.56 Å². The van der Waals surface area contributed by atoms with Gasteiger partial charge in [-0.05, 0) is 23.8 Å². The van der Waals surface area contributed by atoms with Crippen molar-refractivity contribution in [2.75, 3.05) is 52.5 Å². The van der Waals surface area contributed by atoms with E-state index in [1.807, 2.05) is 0 Å². The van der Waals surface area contributed by atoms with E-state index in [0.717, 1.165) is 37.3 Å². The van der Waals surface area contributed by atoms with Crippen molar-refractivity contribution >= 4 is 21.6 Å². The monoisotopic (exact) mass is 330 g/mol. The number of likely N-dealkylation sites (N-methyl/N-ethyl adjacent to an activating group) is 1. The Morgan fingerprint density at radius 1 is 1.21 bits per heavy atom. The van der Waals surface area contributed by atoms with Crippen LogP contribution < -0.4 is 10.2 Å². The zero-order chi connectivity index (χ0) is 14.1. The first kappa shape index (κ1) is 16.4. The van der Waals surface area contributed by atoms with Gasteiger partial charge in [-0.15, -0.1) is 0 Å². The fourth-order valence-corrected chi connectivity index (χ4v) is 2.22. The summed E-state index contributed by atoms with van der Waals surface area (Å²) in [7, 11) is 5.52. The van der Waals surface area contributed by atoms with Crippen LogP contribution in [0.2, 0.25) is 0 Å². The zero-order valence-corrected chi connectivity index (χ0v) is 13.5. The second-order valence-corrected chi connectivity index (χ2v) is 5.27. The Labute approximate surface area is 124 Å². The summed E-state index contributed by atoms with van der Waals surface area (Å²) in [5.74, 6) is 0. The summed E-state index contributed by atoms with van der Waals surface area (Å²) in [5.41, 5.74) is 2.49. The highest BCUT2D eigenvalue weighted by molar-refractivity contribution is 9.10. The van der Waals surface area contributed by atoms with Gasteiger partial charge in [-0.1, -0.05) is 15.9 Å². The molecule has 5 heteroatoms. The van der Waals surface area contributed by atoms with Crippen LogP contribution in [0, 0.1) is 0 Å². The lowest BCUT2D eigenvalue weighted by Crippen LogP contribution is -2.25. The largest absolute Gasteiger partial charge is 0.383 e. The van der Waals surface area contributed by atoms with Gasteiger partial charge in [0.25, 0.3) is 0 Å². The maximum absolute atomic E-state index is 5.13. The van der Waals surface area contributed by atoms with Crippen LogP contribution in [0.15, 0.2) is 22.7 Å². The second kappa shape index (κ2) is 9.31. The van der Waals surface area contributed by atoms with Gasteiger partial charge >= 0.3 is 0 Å². The number of hydrogen-bond acceptors (Lipinski definition) is 4. The molecule has 0 fully saturated rings. The molecule has 0 heterocycles. The van der Waals surface area contributed by atoms with Crippen molar-refractivity contribution in [1.29, 1.82) is 0 Å². The van der Waals surface area contributed by atoms with Crippen LogP contribution in [-0.2, 0) is 16.0 Å². The molecule has 1 aromatic rings. The maximum atomic E-state index is 5.13. The van der Waals surface area contributed by atoms with Gasteiger partial charge in [0.15, 0.2) is 0 Å². The third-order valence-corrected chi connectivity index (χ3v) is 3.38. The molecule has 1 rings (SSSR count). The summed E-state index contributed by atoms with van der Waals surface area (Å²) >= 11 is 3.53. The van der Waals surface area contributed by atoms with E-state index in [9.17, 15) is 0 Å². The molecule has 0 amide bonds. The smallest absolute Gasteiger partial charge is 0.0637 e. The van der Waals surface area contributed by atoms with Crippen molar-refractivity contribution in [2.45, 2.75) is 6.54 Å². The van der Waals surface area contributed by atoms with Crippen molar-refractivity contribution < 1.29 is 9.47 Å². The highest BCUT2D eigenvalue weighted by Gasteiger charge is 2.07. The molecule has 0 unspecified atom stereocenters. The average molecular weight is 331 g/mol. The van der Waals surface area contributed by atoms with Gasteiger partial charge in [-0.3, -0.25) is 0 Å². The Balaban J connectivity index is 2.67. The van der Waals surface area contributed by atoms with E-state index >= 15 is 0 Å². The van der Waals surface area contributed by atoms with Crippen LogP contribution in [0.3, 0.4) is 0 Å². The van der Waals surface area contributed by atoms with Gasteiger partial charge in [0.2, 0.25) is 0 Å². The van der Waals surface area contributed by atoms with Crippen molar-refractivity contribution in [2.24, 2.45) is 0 Å². The van der Waals surface area contributed by atoms with Crippen LogP contribution >= 0.6 is 15.9 Å². The molecular formula is C14H23BrN2O2. The van der Waals surface area contributed by atoms with E-state index in [-0.39, 0.29) is 0 Å². The number of benzene rings is 1. The fourth-order valence-electron chi connectivity index (χ4n) is 1.81. The lowest BCUT2D eigenvalue weighted by atomic mass is 10.1. The summed E-state index contributed by atoms with van der Waals surface area (Å²) in [5, 5.41) is 3.38. The van der Waals surface area contributed by atoms with Crippen molar-refractivity contribution in [3.63, 3.8) is 0 Å². The van der Waals surface area contributed by atoms with E-state index in [1.54, 1.807) is 14.2 Å². The fraction of sp³-hybridized carbons (Fsp3) is 0.571. The summed E-state index contributed by atoms with van der Waals surface area (Å²) in [4.78, 5) is 2.21. The van der Waals surface area contributed by atoms with Gasteiger partial charge in [-0.25, -0.2) is 0 Å². The summed E-state index contributed by atoms with van der Waals surface area (Å²) in [6, 6.07) is 6.35. The molecule has 0 aliphatic carbocycles. The molecule has 1 N–H and O–H groups in total. The molecule has 108 valence electrons. The molecule has 4 nitrogen and oxygen atoms in total. The number of anilines is 1. The molecule has 0 aromatic heterocycles. The van der Waals surface area contributed by atoms with E-state index in [1.165, 1.54) is 11.3 Å². The minimum absolute atomic E-state index is 0.725. The first-order valence-corrected chi connectivity index (χ1v) is 7.16. The van der Waals surface area contributed by atoms with E-state index in [2.05, 4.69) is 51.4 Å². The predicted octanol–water partition coefficient (Wildman–Crippen LogP) is 2.27. The molecule has 0 atom stereocenters. The molecular weight excluding hydrogens is 308 g/mol. The van der Waals surface area contributed by atoms with E-state index < -0.39 is 0 Å². The minimum Gasteiger partial charge on any atom is -0.383 e. The van der Waals surface area contributed by atoms with Crippen LogP contribution in [0.25, 0.3) is 0 Å². The highest BCUT2D eigenvalue weighted by atomic mass is 79.9. The topological polar surface area (TPSA) is 33.7 Å². The third kappa shape index (κ3) is 5.91.